The Hall–Kier alpha value is -2.61. The SMILES string of the molecule is COC(=O)C(N=Nc1nc(C)ns1)=C(O)c1ccccc1. The molecule has 2 aromatic rings. The van der Waals surface area contributed by atoms with Crippen LogP contribution in [0, 0.1) is 6.92 Å². The van der Waals surface area contributed by atoms with E-state index in [1.807, 2.05) is 0 Å². The molecule has 0 amide bonds. The summed E-state index contributed by atoms with van der Waals surface area (Å²) in [5.41, 5.74) is 0.141. The van der Waals surface area contributed by atoms with Gasteiger partial charge in [0.25, 0.3) is 0 Å². The molecule has 1 aromatic carbocycles. The molecule has 8 heteroatoms. The first-order valence-corrected chi connectivity index (χ1v) is 6.68. The van der Waals surface area contributed by atoms with Gasteiger partial charge < -0.3 is 9.84 Å². The number of carbonyl (C=O) groups excluding carboxylic acids is 1. The number of carbonyl (C=O) groups is 1. The predicted molar refractivity (Wildman–Crippen MR) is 77.2 cm³/mol. The van der Waals surface area contributed by atoms with Crippen LogP contribution >= 0.6 is 11.5 Å². The van der Waals surface area contributed by atoms with Gasteiger partial charge in [-0.25, -0.2) is 9.78 Å². The van der Waals surface area contributed by atoms with E-state index in [2.05, 4.69) is 24.3 Å². The summed E-state index contributed by atoms with van der Waals surface area (Å²) in [6.45, 7) is 1.72. The maximum absolute atomic E-state index is 11.7. The molecule has 0 spiro atoms. The third-order valence-electron chi connectivity index (χ3n) is 2.40. The van der Waals surface area contributed by atoms with Crippen molar-refractivity contribution in [2.45, 2.75) is 6.92 Å². The minimum Gasteiger partial charge on any atom is -0.505 e. The largest absolute Gasteiger partial charge is 0.505 e. The fourth-order valence-electron chi connectivity index (χ4n) is 1.43. The predicted octanol–water partition coefficient (Wildman–Crippen LogP) is 3.03. The van der Waals surface area contributed by atoms with Gasteiger partial charge in [-0.05, 0) is 6.92 Å². The molecule has 0 aliphatic rings. The van der Waals surface area contributed by atoms with E-state index in [4.69, 9.17) is 0 Å². The van der Waals surface area contributed by atoms with Gasteiger partial charge in [-0.1, -0.05) is 30.3 Å². The lowest BCUT2D eigenvalue weighted by Crippen LogP contribution is -2.05. The maximum Gasteiger partial charge on any atom is 0.362 e. The molecular formula is C13H12N4O3S. The first-order valence-electron chi connectivity index (χ1n) is 5.91. The standard InChI is InChI=1S/C13H12N4O3S/c1-8-14-13(21-17-8)16-15-10(12(19)20-2)11(18)9-6-4-3-5-7-9/h3-7,18H,1-2H3. The van der Waals surface area contributed by atoms with Crippen LogP contribution in [0.3, 0.4) is 0 Å². The summed E-state index contributed by atoms with van der Waals surface area (Å²) >= 11 is 1.04. The fourth-order valence-corrected chi connectivity index (χ4v) is 1.94. The fraction of sp³-hybridized carbons (Fsp3) is 0.154. The van der Waals surface area contributed by atoms with Crippen molar-refractivity contribution in [1.82, 2.24) is 9.36 Å². The Bertz CT molecular complexity index is 694. The Kier molecular flexibility index (Phi) is 4.72. The van der Waals surface area contributed by atoms with Gasteiger partial charge in [-0.2, -0.15) is 4.37 Å². The second kappa shape index (κ2) is 6.71. The normalized spacial score (nSPS) is 12.3. The molecule has 0 unspecified atom stereocenters. The molecule has 7 nitrogen and oxygen atoms in total. The van der Waals surface area contributed by atoms with E-state index in [1.54, 1.807) is 37.3 Å². The van der Waals surface area contributed by atoms with Gasteiger partial charge in [0.15, 0.2) is 5.76 Å². The van der Waals surface area contributed by atoms with Gasteiger partial charge in [0.1, 0.15) is 5.82 Å². The van der Waals surface area contributed by atoms with Crippen LogP contribution in [0.1, 0.15) is 11.4 Å². The van der Waals surface area contributed by atoms with Crippen LogP contribution in [0.5, 0.6) is 0 Å². The molecule has 0 aliphatic carbocycles. The summed E-state index contributed by atoms with van der Waals surface area (Å²) in [7, 11) is 1.20. The highest BCUT2D eigenvalue weighted by molar-refractivity contribution is 7.09. The molecule has 0 radical (unpaired) electrons. The van der Waals surface area contributed by atoms with Crippen LogP contribution in [-0.4, -0.2) is 27.5 Å². The molecule has 1 aromatic heterocycles. The Morgan fingerprint density at radius 1 is 1.33 bits per heavy atom. The number of ether oxygens (including phenoxy) is 1. The number of aryl methyl sites for hydroxylation is 1. The number of esters is 1. The zero-order chi connectivity index (χ0) is 15.2. The van der Waals surface area contributed by atoms with E-state index in [-0.39, 0.29) is 16.6 Å². The number of methoxy groups -OCH3 is 1. The molecule has 0 atom stereocenters. The molecule has 1 heterocycles. The van der Waals surface area contributed by atoms with Gasteiger partial charge in [0.05, 0.1) is 7.11 Å². The summed E-state index contributed by atoms with van der Waals surface area (Å²) in [6.07, 6.45) is 0. The number of rotatable bonds is 4. The van der Waals surface area contributed by atoms with Crippen molar-refractivity contribution in [3.63, 3.8) is 0 Å². The minimum atomic E-state index is -0.790. The Balaban J connectivity index is 2.39. The number of benzene rings is 1. The van der Waals surface area contributed by atoms with E-state index in [0.29, 0.717) is 11.4 Å². The third kappa shape index (κ3) is 3.69. The molecule has 0 saturated heterocycles. The minimum absolute atomic E-state index is 0.287. The van der Waals surface area contributed by atoms with Crippen LogP contribution in [0.25, 0.3) is 5.76 Å². The number of azo groups is 1. The highest BCUT2D eigenvalue weighted by Crippen LogP contribution is 2.21. The van der Waals surface area contributed by atoms with Crippen molar-refractivity contribution in [2.24, 2.45) is 10.2 Å². The first kappa shape index (κ1) is 14.8. The van der Waals surface area contributed by atoms with Crippen LogP contribution < -0.4 is 0 Å². The average molecular weight is 304 g/mol. The molecule has 0 fully saturated rings. The zero-order valence-corrected chi connectivity index (χ0v) is 12.2. The van der Waals surface area contributed by atoms with Crippen LogP contribution in [0.4, 0.5) is 5.13 Å². The summed E-state index contributed by atoms with van der Waals surface area (Å²) in [6, 6.07) is 8.53. The first-order chi connectivity index (χ1) is 10.1. The Morgan fingerprint density at radius 3 is 2.62 bits per heavy atom. The molecule has 0 aliphatic heterocycles. The van der Waals surface area contributed by atoms with Crippen LogP contribution in [-0.2, 0) is 9.53 Å². The monoisotopic (exact) mass is 304 g/mol. The lowest BCUT2D eigenvalue weighted by atomic mass is 10.1. The average Bonchev–Trinajstić information content (AvgIpc) is 2.93. The van der Waals surface area contributed by atoms with Crippen molar-refractivity contribution in [3.05, 3.63) is 47.4 Å². The number of aliphatic hydroxyl groups excluding tert-OH is 1. The summed E-state index contributed by atoms with van der Waals surface area (Å²) in [5.74, 6) is -0.543. The van der Waals surface area contributed by atoms with E-state index in [0.717, 1.165) is 11.5 Å². The molecule has 1 N–H and O–H groups in total. The lowest BCUT2D eigenvalue weighted by molar-refractivity contribution is -0.136. The van der Waals surface area contributed by atoms with Gasteiger partial charge in [-0.3, -0.25) is 0 Å². The highest BCUT2D eigenvalue weighted by Gasteiger charge is 2.17. The van der Waals surface area contributed by atoms with Crippen molar-refractivity contribution in [3.8, 4) is 0 Å². The van der Waals surface area contributed by atoms with Crippen molar-refractivity contribution in [2.75, 3.05) is 7.11 Å². The maximum atomic E-state index is 11.7. The molecule has 108 valence electrons. The quantitative estimate of drug-likeness (QED) is 0.405. The Morgan fingerprint density at radius 2 is 2.05 bits per heavy atom. The van der Waals surface area contributed by atoms with Gasteiger partial charge in [0, 0.05) is 17.1 Å². The number of hydrogen-bond donors (Lipinski definition) is 1. The van der Waals surface area contributed by atoms with E-state index in [9.17, 15) is 9.90 Å². The second-order valence-electron chi connectivity index (χ2n) is 3.88. The smallest absolute Gasteiger partial charge is 0.362 e. The molecule has 0 bridgehead atoms. The number of nitrogens with zero attached hydrogens (tertiary/aromatic N) is 4. The van der Waals surface area contributed by atoms with Crippen molar-refractivity contribution < 1.29 is 14.6 Å². The molecule has 0 saturated carbocycles. The second-order valence-corrected chi connectivity index (χ2v) is 4.61. The molecular weight excluding hydrogens is 292 g/mol. The number of hydrogen-bond acceptors (Lipinski definition) is 8. The summed E-state index contributed by atoms with van der Waals surface area (Å²) in [4.78, 5) is 15.7. The molecule has 2 rings (SSSR count). The summed E-state index contributed by atoms with van der Waals surface area (Å²) in [5, 5.41) is 18.0. The van der Waals surface area contributed by atoms with Crippen molar-refractivity contribution >= 4 is 28.4 Å². The van der Waals surface area contributed by atoms with E-state index >= 15 is 0 Å². The van der Waals surface area contributed by atoms with Gasteiger partial charge in [-0.15, -0.1) is 10.2 Å². The van der Waals surface area contributed by atoms with E-state index in [1.165, 1.54) is 7.11 Å². The van der Waals surface area contributed by atoms with Crippen LogP contribution in [0.2, 0.25) is 0 Å². The lowest BCUT2D eigenvalue weighted by Gasteiger charge is -2.03. The van der Waals surface area contributed by atoms with Crippen LogP contribution in [0.15, 0.2) is 46.3 Å². The van der Waals surface area contributed by atoms with E-state index < -0.39 is 5.97 Å². The number of aliphatic hydroxyl groups is 1. The highest BCUT2D eigenvalue weighted by atomic mass is 32.1. The number of aromatic nitrogens is 2. The topological polar surface area (TPSA) is 97.0 Å². The van der Waals surface area contributed by atoms with Crippen molar-refractivity contribution in [1.29, 1.82) is 0 Å². The summed E-state index contributed by atoms with van der Waals surface area (Å²) < 4.78 is 8.55. The third-order valence-corrected chi connectivity index (χ3v) is 3.09. The molecule has 21 heavy (non-hydrogen) atoms. The Labute approximate surface area is 124 Å². The zero-order valence-electron chi connectivity index (χ0n) is 11.3. The van der Waals surface area contributed by atoms with Gasteiger partial charge >= 0.3 is 5.97 Å². The van der Waals surface area contributed by atoms with Gasteiger partial charge in [0.2, 0.25) is 10.8 Å².